The number of para-hydroxylation sites is 1. The molecule has 0 aliphatic carbocycles. The molecule has 0 spiro atoms. The smallest absolute Gasteiger partial charge is 0.398 e. The van der Waals surface area contributed by atoms with E-state index in [0.717, 1.165) is 11.0 Å². The highest BCUT2D eigenvalue weighted by molar-refractivity contribution is 7.98. The van der Waals surface area contributed by atoms with Gasteiger partial charge in [0.25, 0.3) is 0 Å². The summed E-state index contributed by atoms with van der Waals surface area (Å²) in [6.45, 7) is 0. The molecule has 0 aliphatic rings. The van der Waals surface area contributed by atoms with Crippen molar-refractivity contribution < 1.29 is 13.2 Å². The average molecular weight is 283 g/mol. The third-order valence-electron chi connectivity index (χ3n) is 2.62. The van der Waals surface area contributed by atoms with Gasteiger partial charge in [0.15, 0.2) is 0 Å². The lowest BCUT2D eigenvalue weighted by Crippen LogP contribution is -2.08. The molecule has 5 heteroatoms. The Balaban J connectivity index is 2.19. The summed E-state index contributed by atoms with van der Waals surface area (Å²) in [5.74, 6) is 0.240. The molecule has 0 heterocycles. The first-order chi connectivity index (χ1) is 8.98. The first-order valence-electron chi connectivity index (χ1n) is 5.61. The second kappa shape index (κ2) is 5.57. The predicted octanol–water partition coefficient (Wildman–Crippen LogP) is 4.58. The van der Waals surface area contributed by atoms with E-state index in [2.05, 4.69) is 0 Å². The largest absolute Gasteiger partial charge is 0.416 e. The molecule has 0 bridgehead atoms. The van der Waals surface area contributed by atoms with Crippen LogP contribution in [0.2, 0.25) is 0 Å². The molecule has 0 aromatic heterocycles. The minimum absolute atomic E-state index is 0.240. The molecular weight excluding hydrogens is 271 g/mol. The number of hydrogen-bond donors (Lipinski definition) is 1. The van der Waals surface area contributed by atoms with Crippen LogP contribution in [0.15, 0.2) is 53.4 Å². The van der Waals surface area contributed by atoms with Gasteiger partial charge >= 0.3 is 6.18 Å². The zero-order valence-electron chi connectivity index (χ0n) is 9.95. The summed E-state index contributed by atoms with van der Waals surface area (Å²) in [5, 5.41) is 0. The van der Waals surface area contributed by atoms with Crippen LogP contribution >= 0.6 is 11.8 Å². The number of nitrogens with two attached hydrogens (primary N) is 1. The Bertz CT molecular complexity index is 567. The van der Waals surface area contributed by atoms with Crippen LogP contribution < -0.4 is 5.73 Å². The Morgan fingerprint density at radius 1 is 0.947 bits per heavy atom. The van der Waals surface area contributed by atoms with Gasteiger partial charge in [0, 0.05) is 16.3 Å². The molecule has 0 saturated heterocycles. The molecule has 0 amide bonds. The van der Waals surface area contributed by atoms with Gasteiger partial charge in [-0.2, -0.15) is 13.2 Å². The SMILES string of the molecule is Nc1ccccc1SCc1ccccc1C(F)(F)F. The summed E-state index contributed by atoms with van der Waals surface area (Å²) < 4.78 is 38.5. The highest BCUT2D eigenvalue weighted by atomic mass is 32.2. The van der Waals surface area contributed by atoms with Gasteiger partial charge in [-0.1, -0.05) is 30.3 Å². The van der Waals surface area contributed by atoms with E-state index in [-0.39, 0.29) is 11.3 Å². The fourth-order valence-corrected chi connectivity index (χ4v) is 2.66. The van der Waals surface area contributed by atoms with E-state index in [4.69, 9.17) is 5.73 Å². The van der Waals surface area contributed by atoms with Gasteiger partial charge in [-0.05, 0) is 23.8 Å². The Kier molecular flexibility index (Phi) is 4.04. The average Bonchev–Trinajstić information content (AvgIpc) is 2.37. The van der Waals surface area contributed by atoms with Crippen molar-refractivity contribution in [1.82, 2.24) is 0 Å². The number of alkyl halides is 3. The van der Waals surface area contributed by atoms with E-state index in [9.17, 15) is 13.2 Å². The molecule has 0 aliphatic heterocycles. The Hall–Kier alpha value is -1.62. The van der Waals surface area contributed by atoms with Gasteiger partial charge in [-0.3, -0.25) is 0 Å². The van der Waals surface area contributed by atoms with Crippen molar-refractivity contribution in [2.24, 2.45) is 0 Å². The molecule has 2 N–H and O–H groups in total. The van der Waals surface area contributed by atoms with Crippen LogP contribution in [0.4, 0.5) is 18.9 Å². The van der Waals surface area contributed by atoms with E-state index in [0.29, 0.717) is 5.69 Å². The molecule has 2 aromatic rings. The summed E-state index contributed by atoms with van der Waals surface area (Å²) >= 11 is 1.31. The standard InChI is InChI=1S/C14H12F3NS/c15-14(16,17)11-6-2-1-5-10(11)9-19-13-8-4-3-7-12(13)18/h1-8H,9,18H2. The summed E-state index contributed by atoms with van der Waals surface area (Å²) in [4.78, 5) is 0.791. The van der Waals surface area contributed by atoms with E-state index in [1.54, 1.807) is 24.3 Å². The Morgan fingerprint density at radius 3 is 2.26 bits per heavy atom. The van der Waals surface area contributed by atoms with E-state index in [1.807, 2.05) is 6.07 Å². The number of halogens is 3. The number of thioether (sulfide) groups is 1. The number of hydrogen-bond acceptors (Lipinski definition) is 2. The van der Waals surface area contributed by atoms with Gasteiger partial charge in [-0.25, -0.2) is 0 Å². The normalized spacial score (nSPS) is 11.5. The monoisotopic (exact) mass is 283 g/mol. The van der Waals surface area contributed by atoms with Crippen LogP contribution in [-0.2, 0) is 11.9 Å². The topological polar surface area (TPSA) is 26.0 Å². The van der Waals surface area contributed by atoms with Crippen molar-refractivity contribution >= 4 is 17.4 Å². The second-order valence-corrected chi connectivity index (χ2v) is 5.00. The van der Waals surface area contributed by atoms with Crippen molar-refractivity contribution in [3.05, 3.63) is 59.7 Å². The van der Waals surface area contributed by atoms with Crippen molar-refractivity contribution in [2.75, 3.05) is 5.73 Å². The molecule has 1 nitrogen and oxygen atoms in total. The summed E-state index contributed by atoms with van der Waals surface area (Å²) in [6.07, 6.45) is -4.32. The highest BCUT2D eigenvalue weighted by Crippen LogP contribution is 2.35. The zero-order chi connectivity index (χ0) is 13.9. The van der Waals surface area contributed by atoms with E-state index < -0.39 is 11.7 Å². The van der Waals surface area contributed by atoms with E-state index in [1.165, 1.54) is 23.9 Å². The minimum Gasteiger partial charge on any atom is -0.398 e. The maximum absolute atomic E-state index is 12.8. The van der Waals surface area contributed by atoms with Gasteiger partial charge in [0.2, 0.25) is 0 Å². The third kappa shape index (κ3) is 3.44. The molecule has 100 valence electrons. The number of benzene rings is 2. The van der Waals surface area contributed by atoms with Crippen molar-refractivity contribution in [3.63, 3.8) is 0 Å². The van der Waals surface area contributed by atoms with Crippen LogP contribution in [0.25, 0.3) is 0 Å². The van der Waals surface area contributed by atoms with Gasteiger partial charge in [-0.15, -0.1) is 11.8 Å². The molecule has 2 rings (SSSR count). The van der Waals surface area contributed by atoms with Crippen molar-refractivity contribution in [1.29, 1.82) is 0 Å². The third-order valence-corrected chi connectivity index (χ3v) is 3.76. The lowest BCUT2D eigenvalue weighted by atomic mass is 10.1. The fraction of sp³-hybridized carbons (Fsp3) is 0.143. The lowest BCUT2D eigenvalue weighted by Gasteiger charge is -2.12. The van der Waals surface area contributed by atoms with Crippen LogP contribution in [0.5, 0.6) is 0 Å². The second-order valence-electron chi connectivity index (χ2n) is 3.98. The van der Waals surface area contributed by atoms with Crippen LogP contribution in [0.1, 0.15) is 11.1 Å². The van der Waals surface area contributed by atoms with Crippen molar-refractivity contribution in [2.45, 2.75) is 16.8 Å². The molecule has 19 heavy (non-hydrogen) atoms. The lowest BCUT2D eigenvalue weighted by molar-refractivity contribution is -0.138. The summed E-state index contributed by atoms with van der Waals surface area (Å²) in [6, 6.07) is 12.7. The molecule has 0 radical (unpaired) electrons. The zero-order valence-corrected chi connectivity index (χ0v) is 10.8. The summed E-state index contributed by atoms with van der Waals surface area (Å²) in [7, 11) is 0. The quantitative estimate of drug-likeness (QED) is 0.659. The fourth-order valence-electron chi connectivity index (χ4n) is 1.69. The first-order valence-corrected chi connectivity index (χ1v) is 6.59. The van der Waals surface area contributed by atoms with Gasteiger partial charge in [0.1, 0.15) is 0 Å². The number of nitrogen functional groups attached to an aromatic ring is 1. The number of rotatable bonds is 3. The van der Waals surface area contributed by atoms with Gasteiger partial charge < -0.3 is 5.73 Å². The van der Waals surface area contributed by atoms with Crippen molar-refractivity contribution in [3.8, 4) is 0 Å². The van der Waals surface area contributed by atoms with Gasteiger partial charge in [0.05, 0.1) is 5.56 Å². The number of anilines is 1. The molecule has 0 saturated carbocycles. The maximum Gasteiger partial charge on any atom is 0.416 e. The van der Waals surface area contributed by atoms with Crippen LogP contribution in [0.3, 0.4) is 0 Å². The Labute approximate surface area is 113 Å². The molecule has 0 unspecified atom stereocenters. The summed E-state index contributed by atoms with van der Waals surface area (Å²) in [5.41, 5.74) is 6.03. The van der Waals surface area contributed by atoms with E-state index >= 15 is 0 Å². The molecular formula is C14H12F3NS. The Morgan fingerprint density at radius 2 is 1.58 bits per heavy atom. The molecule has 2 aromatic carbocycles. The van der Waals surface area contributed by atoms with Crippen LogP contribution in [0, 0.1) is 0 Å². The predicted molar refractivity (Wildman–Crippen MR) is 71.9 cm³/mol. The first kappa shape index (κ1) is 13.8. The highest BCUT2D eigenvalue weighted by Gasteiger charge is 2.32. The minimum atomic E-state index is -4.32. The molecule has 0 fully saturated rings. The molecule has 0 atom stereocenters. The maximum atomic E-state index is 12.8. The van der Waals surface area contributed by atoms with Crippen LogP contribution in [-0.4, -0.2) is 0 Å².